The molecule has 0 aliphatic carbocycles. The van der Waals surface area contributed by atoms with E-state index in [0.717, 1.165) is 12.0 Å². The highest BCUT2D eigenvalue weighted by Gasteiger charge is 2.29. The van der Waals surface area contributed by atoms with Gasteiger partial charge in [-0.05, 0) is 55.2 Å². The van der Waals surface area contributed by atoms with E-state index >= 15 is 0 Å². The van der Waals surface area contributed by atoms with Gasteiger partial charge in [-0.25, -0.2) is 8.42 Å². The third-order valence-electron chi connectivity index (χ3n) is 4.98. The van der Waals surface area contributed by atoms with E-state index < -0.39 is 10.0 Å². The molecule has 1 aliphatic rings. The molecule has 6 nitrogen and oxygen atoms in total. The summed E-state index contributed by atoms with van der Waals surface area (Å²) in [5, 5.41) is 3.44. The summed E-state index contributed by atoms with van der Waals surface area (Å²) >= 11 is 5.84. The van der Waals surface area contributed by atoms with Crippen LogP contribution in [0.15, 0.2) is 53.4 Å². The number of para-hydroxylation sites is 1. The van der Waals surface area contributed by atoms with Gasteiger partial charge in [0, 0.05) is 24.2 Å². The molecule has 1 aliphatic heterocycles. The van der Waals surface area contributed by atoms with Crippen LogP contribution in [0.25, 0.3) is 0 Å². The molecule has 0 aromatic heterocycles. The Bertz CT molecular complexity index is 939. The molecule has 0 atom stereocenters. The van der Waals surface area contributed by atoms with Crippen molar-refractivity contribution in [2.45, 2.75) is 37.1 Å². The van der Waals surface area contributed by atoms with E-state index in [4.69, 9.17) is 16.3 Å². The Labute approximate surface area is 176 Å². The minimum absolute atomic E-state index is 0.0553. The van der Waals surface area contributed by atoms with Gasteiger partial charge in [0.05, 0.1) is 4.90 Å². The molecule has 0 saturated carbocycles. The second-order valence-electron chi connectivity index (χ2n) is 6.95. The van der Waals surface area contributed by atoms with Gasteiger partial charge in [-0.2, -0.15) is 4.31 Å². The Balaban J connectivity index is 1.49. The highest BCUT2D eigenvalue weighted by molar-refractivity contribution is 7.89. The quantitative estimate of drug-likeness (QED) is 0.722. The van der Waals surface area contributed by atoms with Crippen molar-refractivity contribution in [2.75, 3.05) is 19.7 Å². The summed E-state index contributed by atoms with van der Waals surface area (Å²) < 4.78 is 32.5. The van der Waals surface area contributed by atoms with Crippen LogP contribution in [0.4, 0.5) is 0 Å². The van der Waals surface area contributed by atoms with Gasteiger partial charge in [0.15, 0.2) is 6.61 Å². The minimum Gasteiger partial charge on any atom is -0.483 e. The summed E-state index contributed by atoms with van der Waals surface area (Å²) in [7, 11) is -3.55. The lowest BCUT2D eigenvalue weighted by Crippen LogP contribution is -2.47. The van der Waals surface area contributed by atoms with E-state index in [1.807, 2.05) is 31.2 Å². The molecule has 0 radical (unpaired) electrons. The van der Waals surface area contributed by atoms with E-state index in [1.165, 1.54) is 16.4 Å². The van der Waals surface area contributed by atoms with E-state index in [-0.39, 0.29) is 23.5 Å². The maximum Gasteiger partial charge on any atom is 0.258 e. The molecule has 8 heteroatoms. The number of aryl methyl sites for hydroxylation is 1. The second kappa shape index (κ2) is 9.61. The van der Waals surface area contributed by atoms with Crippen molar-refractivity contribution in [3.63, 3.8) is 0 Å². The number of hydrogen-bond acceptors (Lipinski definition) is 4. The van der Waals surface area contributed by atoms with Crippen LogP contribution in [-0.2, 0) is 21.2 Å². The average molecular weight is 437 g/mol. The molecule has 1 heterocycles. The molecule has 29 heavy (non-hydrogen) atoms. The number of piperidine rings is 1. The summed E-state index contributed by atoms with van der Waals surface area (Å²) in [6, 6.07) is 13.7. The van der Waals surface area contributed by atoms with E-state index in [2.05, 4.69) is 5.32 Å². The van der Waals surface area contributed by atoms with E-state index in [1.54, 1.807) is 12.1 Å². The number of carbonyl (C=O) groups is 1. The molecule has 1 fully saturated rings. The number of halogens is 1. The lowest BCUT2D eigenvalue weighted by molar-refractivity contribution is -0.124. The van der Waals surface area contributed by atoms with Crippen molar-refractivity contribution in [1.29, 1.82) is 0 Å². The maximum atomic E-state index is 12.7. The Morgan fingerprint density at radius 2 is 1.79 bits per heavy atom. The molecule has 2 aromatic carbocycles. The molecule has 0 bridgehead atoms. The van der Waals surface area contributed by atoms with E-state index in [9.17, 15) is 13.2 Å². The molecule has 3 rings (SSSR count). The Morgan fingerprint density at radius 3 is 2.45 bits per heavy atom. The largest absolute Gasteiger partial charge is 0.483 e. The molecular formula is C21H25ClN2O4S. The van der Waals surface area contributed by atoms with Crippen molar-refractivity contribution in [2.24, 2.45) is 0 Å². The van der Waals surface area contributed by atoms with Crippen molar-refractivity contribution >= 4 is 27.5 Å². The van der Waals surface area contributed by atoms with Crippen molar-refractivity contribution in [1.82, 2.24) is 9.62 Å². The molecule has 1 saturated heterocycles. The lowest BCUT2D eigenvalue weighted by atomic mass is 10.1. The zero-order valence-electron chi connectivity index (χ0n) is 16.3. The first-order valence-corrected chi connectivity index (χ1v) is 11.5. The van der Waals surface area contributed by atoms with Crippen molar-refractivity contribution < 1.29 is 17.9 Å². The van der Waals surface area contributed by atoms with Crippen LogP contribution in [0.5, 0.6) is 5.75 Å². The van der Waals surface area contributed by atoms with Gasteiger partial charge in [0.25, 0.3) is 5.91 Å². The second-order valence-corrected chi connectivity index (χ2v) is 9.32. The number of amides is 1. The molecule has 1 N–H and O–H groups in total. The number of nitrogens with one attached hydrogen (secondary N) is 1. The van der Waals surface area contributed by atoms with Gasteiger partial charge in [0.1, 0.15) is 5.75 Å². The first-order valence-electron chi connectivity index (χ1n) is 9.66. The van der Waals surface area contributed by atoms with E-state index in [0.29, 0.717) is 36.7 Å². The summed E-state index contributed by atoms with van der Waals surface area (Å²) in [6.07, 6.45) is 1.95. The molecule has 0 spiro atoms. The summed E-state index contributed by atoms with van der Waals surface area (Å²) in [5.74, 6) is 0.518. The SMILES string of the molecule is CCc1ccccc1OCC(=O)NC1CCN(S(=O)(=O)c2ccc(Cl)cc2)CC1. The van der Waals surface area contributed by atoms with Gasteiger partial charge in [-0.15, -0.1) is 0 Å². The molecule has 156 valence electrons. The van der Waals surface area contributed by atoms with Gasteiger partial charge < -0.3 is 10.1 Å². The zero-order valence-corrected chi connectivity index (χ0v) is 17.9. The van der Waals surface area contributed by atoms with Crippen LogP contribution < -0.4 is 10.1 Å². The van der Waals surface area contributed by atoms with Crippen LogP contribution in [0, 0.1) is 0 Å². The summed E-state index contributed by atoms with van der Waals surface area (Å²) in [6.45, 7) is 2.69. The predicted molar refractivity (Wildman–Crippen MR) is 113 cm³/mol. The highest BCUT2D eigenvalue weighted by atomic mass is 35.5. The number of ether oxygens (including phenoxy) is 1. The Hall–Kier alpha value is -2.09. The fourth-order valence-electron chi connectivity index (χ4n) is 3.35. The number of carbonyl (C=O) groups excluding carboxylic acids is 1. The summed E-state index contributed by atoms with van der Waals surface area (Å²) in [5.41, 5.74) is 1.06. The first kappa shape index (κ1) is 21.6. The van der Waals surface area contributed by atoms with Crippen LogP contribution in [0.1, 0.15) is 25.3 Å². The lowest BCUT2D eigenvalue weighted by Gasteiger charge is -2.31. The minimum atomic E-state index is -3.55. The topological polar surface area (TPSA) is 75.7 Å². The maximum absolute atomic E-state index is 12.7. The number of sulfonamides is 1. The fourth-order valence-corrected chi connectivity index (χ4v) is 4.94. The summed E-state index contributed by atoms with van der Waals surface area (Å²) in [4.78, 5) is 12.5. The first-order chi connectivity index (χ1) is 13.9. The average Bonchev–Trinajstić information content (AvgIpc) is 2.73. The smallest absolute Gasteiger partial charge is 0.258 e. The molecule has 0 unspecified atom stereocenters. The number of nitrogens with zero attached hydrogens (tertiary/aromatic N) is 1. The Kier molecular flexibility index (Phi) is 7.16. The van der Waals surface area contributed by atoms with Gasteiger partial charge in [-0.1, -0.05) is 36.7 Å². The zero-order chi connectivity index (χ0) is 20.9. The number of rotatable bonds is 7. The fraction of sp³-hybridized carbons (Fsp3) is 0.381. The normalized spacial score (nSPS) is 15.8. The number of hydrogen-bond donors (Lipinski definition) is 1. The highest BCUT2D eigenvalue weighted by Crippen LogP contribution is 2.22. The molecule has 2 aromatic rings. The number of benzene rings is 2. The van der Waals surface area contributed by atoms with Crippen molar-refractivity contribution in [3.8, 4) is 5.75 Å². The van der Waals surface area contributed by atoms with Gasteiger partial charge in [0.2, 0.25) is 10.0 Å². The third-order valence-corrected chi connectivity index (χ3v) is 7.15. The van der Waals surface area contributed by atoms with Crippen LogP contribution in [0.2, 0.25) is 5.02 Å². The van der Waals surface area contributed by atoms with Crippen LogP contribution >= 0.6 is 11.6 Å². The standard InChI is InChI=1S/C21H25ClN2O4S/c1-2-16-5-3-4-6-20(16)28-15-21(25)23-18-11-13-24(14-12-18)29(26,27)19-9-7-17(22)8-10-19/h3-10,18H,2,11-15H2,1H3,(H,23,25). The third kappa shape index (κ3) is 5.50. The van der Waals surface area contributed by atoms with Gasteiger partial charge in [-0.3, -0.25) is 4.79 Å². The van der Waals surface area contributed by atoms with Crippen molar-refractivity contribution in [3.05, 3.63) is 59.1 Å². The van der Waals surface area contributed by atoms with Crippen LogP contribution in [-0.4, -0.2) is 44.4 Å². The Morgan fingerprint density at radius 1 is 1.14 bits per heavy atom. The van der Waals surface area contributed by atoms with Crippen LogP contribution in [0.3, 0.4) is 0 Å². The predicted octanol–water partition coefficient (Wildman–Crippen LogP) is 3.25. The van der Waals surface area contributed by atoms with Gasteiger partial charge >= 0.3 is 0 Å². The molecule has 1 amide bonds. The monoisotopic (exact) mass is 436 g/mol. The molecular weight excluding hydrogens is 412 g/mol.